The van der Waals surface area contributed by atoms with Gasteiger partial charge in [-0.1, -0.05) is 12.2 Å². The molecule has 0 spiro atoms. The highest BCUT2D eigenvalue weighted by atomic mass is 32.1. The van der Waals surface area contributed by atoms with E-state index in [1.165, 1.54) is 0 Å². The van der Waals surface area contributed by atoms with Crippen molar-refractivity contribution >= 4 is 23.1 Å². The summed E-state index contributed by atoms with van der Waals surface area (Å²) in [5, 5.41) is 2.45. The zero-order valence-corrected chi connectivity index (χ0v) is 10.2. The van der Waals surface area contributed by atoms with Gasteiger partial charge in [-0.25, -0.2) is 8.78 Å². The van der Waals surface area contributed by atoms with Crippen LogP contribution in [0.1, 0.15) is 6.42 Å². The van der Waals surface area contributed by atoms with E-state index < -0.39 is 11.6 Å². The maximum atomic E-state index is 13.1. The van der Waals surface area contributed by atoms with Crippen LogP contribution in [-0.4, -0.2) is 24.0 Å². The molecule has 0 aromatic heterocycles. The number of rotatable bonds is 6. The molecule has 0 atom stereocenters. The van der Waals surface area contributed by atoms with Crippen LogP contribution < -0.4 is 15.8 Å². The number of amides is 1. The zero-order chi connectivity index (χ0) is 13.5. The average Bonchev–Trinajstić information content (AvgIpc) is 2.29. The van der Waals surface area contributed by atoms with E-state index in [0.717, 1.165) is 12.1 Å². The number of nitrogens with one attached hydrogen (secondary N) is 1. The van der Waals surface area contributed by atoms with Crippen molar-refractivity contribution in [1.29, 1.82) is 0 Å². The van der Waals surface area contributed by atoms with Crippen LogP contribution in [0, 0.1) is 11.6 Å². The molecule has 1 aromatic rings. The zero-order valence-electron chi connectivity index (χ0n) is 9.41. The molecule has 0 bridgehead atoms. The largest absolute Gasteiger partial charge is 0.490 e. The van der Waals surface area contributed by atoms with Crippen LogP contribution in [0.4, 0.5) is 8.78 Å². The van der Waals surface area contributed by atoms with Gasteiger partial charge in [0.05, 0.1) is 24.6 Å². The van der Waals surface area contributed by atoms with Crippen LogP contribution in [0.15, 0.2) is 18.2 Å². The number of ether oxygens (including phenoxy) is 1. The van der Waals surface area contributed by atoms with Crippen molar-refractivity contribution < 1.29 is 18.3 Å². The fourth-order valence-electron chi connectivity index (χ4n) is 1.12. The summed E-state index contributed by atoms with van der Waals surface area (Å²) in [5.41, 5.74) is 5.19. The van der Waals surface area contributed by atoms with Crippen LogP contribution in [0.25, 0.3) is 0 Å². The first-order chi connectivity index (χ1) is 8.49. The predicted octanol–water partition coefficient (Wildman–Crippen LogP) is 1.14. The maximum absolute atomic E-state index is 13.1. The van der Waals surface area contributed by atoms with Gasteiger partial charge >= 0.3 is 0 Å². The molecule has 0 aliphatic carbocycles. The molecular formula is C11H12F2N2O2S. The summed E-state index contributed by atoms with van der Waals surface area (Å²) in [5.74, 6) is -1.91. The Kier molecular flexibility index (Phi) is 5.44. The molecule has 1 rings (SSSR count). The molecule has 0 aliphatic heterocycles. The highest BCUT2D eigenvalue weighted by molar-refractivity contribution is 7.80. The van der Waals surface area contributed by atoms with E-state index in [-0.39, 0.29) is 36.2 Å². The van der Waals surface area contributed by atoms with Gasteiger partial charge in [0.15, 0.2) is 11.6 Å². The summed E-state index contributed by atoms with van der Waals surface area (Å²) in [4.78, 5) is 11.4. The smallest absolute Gasteiger partial charge is 0.223 e. The fraction of sp³-hybridized carbons (Fsp3) is 0.273. The van der Waals surface area contributed by atoms with E-state index in [0.29, 0.717) is 6.07 Å². The van der Waals surface area contributed by atoms with Gasteiger partial charge in [0, 0.05) is 6.07 Å². The van der Waals surface area contributed by atoms with Crippen molar-refractivity contribution in [2.75, 3.05) is 13.2 Å². The van der Waals surface area contributed by atoms with Gasteiger partial charge < -0.3 is 15.8 Å². The summed E-state index contributed by atoms with van der Waals surface area (Å²) in [6.07, 6.45) is 0.0272. The summed E-state index contributed by atoms with van der Waals surface area (Å²) >= 11 is 4.58. The lowest BCUT2D eigenvalue weighted by atomic mass is 10.3. The molecule has 1 amide bonds. The first-order valence-electron chi connectivity index (χ1n) is 5.12. The van der Waals surface area contributed by atoms with Crippen molar-refractivity contribution in [3.63, 3.8) is 0 Å². The lowest BCUT2D eigenvalue weighted by Gasteiger charge is -2.07. The second-order valence-corrected chi connectivity index (χ2v) is 3.94. The Morgan fingerprint density at radius 1 is 1.44 bits per heavy atom. The third-order valence-electron chi connectivity index (χ3n) is 1.94. The Labute approximate surface area is 108 Å². The molecule has 1 aromatic carbocycles. The Bertz CT molecular complexity index is 455. The number of hydrogen-bond acceptors (Lipinski definition) is 3. The number of thiocarbonyl (C=S) groups is 1. The molecule has 0 fully saturated rings. The second kappa shape index (κ2) is 6.85. The summed E-state index contributed by atoms with van der Waals surface area (Å²) < 4.78 is 30.7. The van der Waals surface area contributed by atoms with E-state index in [9.17, 15) is 13.6 Å². The van der Waals surface area contributed by atoms with Gasteiger partial charge in [0.25, 0.3) is 0 Å². The lowest BCUT2D eigenvalue weighted by molar-refractivity contribution is -0.121. The van der Waals surface area contributed by atoms with Crippen molar-refractivity contribution in [1.82, 2.24) is 5.32 Å². The number of halogens is 2. The Morgan fingerprint density at radius 3 is 2.78 bits per heavy atom. The number of carbonyl (C=O) groups is 1. The van der Waals surface area contributed by atoms with Crippen LogP contribution >= 0.6 is 12.2 Å². The minimum absolute atomic E-state index is 0.0221. The maximum Gasteiger partial charge on any atom is 0.223 e. The topological polar surface area (TPSA) is 64.3 Å². The van der Waals surface area contributed by atoms with Crippen molar-refractivity contribution in [3.05, 3.63) is 29.8 Å². The highest BCUT2D eigenvalue weighted by Crippen LogP contribution is 2.17. The molecule has 98 valence electrons. The fourth-order valence-corrected chi connectivity index (χ4v) is 1.19. The number of benzene rings is 1. The van der Waals surface area contributed by atoms with Crippen LogP contribution in [0.5, 0.6) is 5.75 Å². The van der Waals surface area contributed by atoms with Gasteiger partial charge in [0.2, 0.25) is 5.91 Å². The Hall–Kier alpha value is -1.76. The third-order valence-corrected chi connectivity index (χ3v) is 2.08. The molecule has 0 saturated carbocycles. The van der Waals surface area contributed by atoms with Crippen LogP contribution in [0.2, 0.25) is 0 Å². The molecule has 4 nitrogen and oxygen atoms in total. The van der Waals surface area contributed by atoms with Crippen molar-refractivity contribution in [3.8, 4) is 5.75 Å². The number of carbonyl (C=O) groups excluding carboxylic acids is 1. The molecule has 18 heavy (non-hydrogen) atoms. The Balaban J connectivity index is 2.33. The molecule has 0 radical (unpaired) electrons. The molecular weight excluding hydrogens is 262 g/mol. The Morgan fingerprint density at radius 2 is 2.17 bits per heavy atom. The van der Waals surface area contributed by atoms with E-state index >= 15 is 0 Å². The molecule has 0 aliphatic rings. The van der Waals surface area contributed by atoms with Crippen LogP contribution in [-0.2, 0) is 4.79 Å². The third kappa shape index (κ3) is 5.05. The number of hydrogen-bond donors (Lipinski definition) is 2. The lowest BCUT2D eigenvalue weighted by Crippen LogP contribution is -2.32. The highest BCUT2D eigenvalue weighted by Gasteiger charge is 2.06. The van der Waals surface area contributed by atoms with E-state index in [4.69, 9.17) is 10.5 Å². The first kappa shape index (κ1) is 14.3. The van der Waals surface area contributed by atoms with Gasteiger partial charge in [-0.2, -0.15) is 0 Å². The second-order valence-electron chi connectivity index (χ2n) is 3.42. The van der Waals surface area contributed by atoms with Gasteiger partial charge in [-0.15, -0.1) is 0 Å². The molecule has 7 heteroatoms. The minimum atomic E-state index is -0.807. The summed E-state index contributed by atoms with van der Waals surface area (Å²) in [7, 11) is 0. The minimum Gasteiger partial charge on any atom is -0.490 e. The van der Waals surface area contributed by atoms with Gasteiger partial charge in [0.1, 0.15) is 5.82 Å². The van der Waals surface area contributed by atoms with E-state index in [1.54, 1.807) is 0 Å². The predicted molar refractivity (Wildman–Crippen MR) is 66.3 cm³/mol. The standard InChI is InChI=1S/C11H12F2N2O2S/c12-7-1-2-9(8(13)5-7)17-4-3-11(16)15-6-10(14)18/h1-2,5H,3-4,6H2,(H2,14,18)(H,15,16). The first-order valence-corrected chi connectivity index (χ1v) is 5.52. The molecule has 0 heterocycles. The average molecular weight is 274 g/mol. The monoisotopic (exact) mass is 274 g/mol. The van der Waals surface area contributed by atoms with E-state index in [1.807, 2.05) is 0 Å². The quantitative estimate of drug-likeness (QED) is 0.763. The molecule has 0 unspecified atom stereocenters. The summed E-state index contributed by atoms with van der Waals surface area (Å²) in [6.45, 7) is 0.0881. The van der Waals surface area contributed by atoms with E-state index in [2.05, 4.69) is 17.5 Å². The van der Waals surface area contributed by atoms with Crippen molar-refractivity contribution in [2.45, 2.75) is 6.42 Å². The van der Waals surface area contributed by atoms with Crippen LogP contribution in [0.3, 0.4) is 0 Å². The number of nitrogens with two attached hydrogens (primary N) is 1. The van der Waals surface area contributed by atoms with Gasteiger partial charge in [-0.05, 0) is 12.1 Å². The SMILES string of the molecule is NC(=S)CNC(=O)CCOc1ccc(F)cc1F. The molecule has 0 saturated heterocycles. The van der Waals surface area contributed by atoms with Crippen molar-refractivity contribution in [2.24, 2.45) is 5.73 Å². The normalized spacial score (nSPS) is 9.89. The molecule has 3 N–H and O–H groups in total. The summed E-state index contributed by atoms with van der Waals surface area (Å²) in [6, 6.07) is 2.95. The van der Waals surface area contributed by atoms with Gasteiger partial charge in [-0.3, -0.25) is 4.79 Å².